The topological polar surface area (TPSA) is 120 Å². The van der Waals surface area contributed by atoms with Crippen LogP contribution in [0.5, 0.6) is 0 Å². The summed E-state index contributed by atoms with van der Waals surface area (Å²) in [7, 11) is 0. The van der Waals surface area contributed by atoms with E-state index in [9.17, 15) is 9.59 Å². The van der Waals surface area contributed by atoms with E-state index in [0.29, 0.717) is 48.1 Å². The molecule has 1 saturated heterocycles. The number of anilines is 1. The number of carbonyl (C=O) groups is 1. The van der Waals surface area contributed by atoms with Crippen molar-refractivity contribution in [3.63, 3.8) is 0 Å². The van der Waals surface area contributed by atoms with Crippen LogP contribution in [-0.2, 0) is 6.54 Å². The summed E-state index contributed by atoms with van der Waals surface area (Å²) >= 11 is 0. The molecule has 5 heterocycles. The predicted molar refractivity (Wildman–Crippen MR) is 110 cm³/mol. The highest BCUT2D eigenvalue weighted by molar-refractivity contribution is 5.93. The van der Waals surface area contributed by atoms with E-state index in [0.717, 1.165) is 12.1 Å². The zero-order valence-corrected chi connectivity index (χ0v) is 16.5. The summed E-state index contributed by atoms with van der Waals surface area (Å²) in [5, 5.41) is 0. The van der Waals surface area contributed by atoms with Gasteiger partial charge in [-0.25, -0.2) is 19.9 Å². The third-order valence-electron chi connectivity index (χ3n) is 5.86. The first-order chi connectivity index (χ1) is 14.5. The second-order valence-electron chi connectivity index (χ2n) is 7.97. The van der Waals surface area contributed by atoms with Gasteiger partial charge in [0.15, 0.2) is 0 Å². The van der Waals surface area contributed by atoms with Crippen LogP contribution in [0.25, 0.3) is 11.3 Å². The van der Waals surface area contributed by atoms with Crippen LogP contribution in [0.15, 0.2) is 41.7 Å². The Bertz CT molecular complexity index is 1190. The summed E-state index contributed by atoms with van der Waals surface area (Å²) in [6.07, 6.45) is 5.49. The number of piperidine rings is 1. The van der Waals surface area contributed by atoms with Gasteiger partial charge < -0.3 is 15.2 Å². The highest BCUT2D eigenvalue weighted by Crippen LogP contribution is 2.36. The Morgan fingerprint density at radius 2 is 1.87 bits per heavy atom. The van der Waals surface area contributed by atoms with Crippen molar-refractivity contribution in [1.82, 2.24) is 29.4 Å². The molecule has 9 heteroatoms. The second kappa shape index (κ2) is 7.01. The van der Waals surface area contributed by atoms with Gasteiger partial charge in [-0.3, -0.25) is 9.59 Å². The second-order valence-corrected chi connectivity index (χ2v) is 7.97. The molecule has 2 bridgehead atoms. The zero-order chi connectivity index (χ0) is 20.8. The largest absolute Gasteiger partial charge is 0.384 e. The average molecular weight is 403 g/mol. The van der Waals surface area contributed by atoms with Crippen molar-refractivity contribution >= 4 is 11.7 Å². The fourth-order valence-corrected chi connectivity index (χ4v) is 4.49. The molecule has 0 aromatic carbocycles. The Morgan fingerprint density at radius 3 is 2.63 bits per heavy atom. The minimum Gasteiger partial charge on any atom is -0.384 e. The van der Waals surface area contributed by atoms with Crippen LogP contribution in [0, 0.1) is 12.8 Å². The highest BCUT2D eigenvalue weighted by atomic mass is 16.2. The van der Waals surface area contributed by atoms with Gasteiger partial charge in [0.25, 0.3) is 11.5 Å². The van der Waals surface area contributed by atoms with Gasteiger partial charge in [0.1, 0.15) is 18.0 Å². The highest BCUT2D eigenvalue weighted by Gasteiger charge is 2.37. The number of nitrogen functional groups attached to an aromatic ring is 1. The van der Waals surface area contributed by atoms with Crippen LogP contribution in [0.1, 0.15) is 34.2 Å². The van der Waals surface area contributed by atoms with Gasteiger partial charge in [0, 0.05) is 61.3 Å². The maximum absolute atomic E-state index is 13.0. The molecule has 0 aliphatic carbocycles. The first-order valence-corrected chi connectivity index (χ1v) is 9.88. The lowest BCUT2D eigenvalue weighted by molar-refractivity contribution is 0.0594. The summed E-state index contributed by atoms with van der Waals surface area (Å²) in [4.78, 5) is 44.1. The minimum atomic E-state index is -0.0692. The SMILES string of the molecule is Cc1ncc(C(=O)N2C[C@@H]3C[C@H](C2)c2cc(-c4cc(N)ncn4)cc(=O)n2C3)cn1. The fraction of sp³-hybridized carbons (Fsp3) is 0.333. The molecular formula is C21H21N7O2. The van der Waals surface area contributed by atoms with Crippen LogP contribution in [-0.4, -0.2) is 48.4 Å². The van der Waals surface area contributed by atoms with E-state index in [1.807, 2.05) is 15.5 Å². The Morgan fingerprint density at radius 1 is 1.07 bits per heavy atom. The van der Waals surface area contributed by atoms with E-state index in [1.165, 1.54) is 6.33 Å². The van der Waals surface area contributed by atoms with Gasteiger partial charge >= 0.3 is 0 Å². The molecule has 3 aromatic heterocycles. The summed E-state index contributed by atoms with van der Waals surface area (Å²) in [6, 6.07) is 5.25. The van der Waals surface area contributed by atoms with Gasteiger partial charge in [-0.05, 0) is 25.3 Å². The van der Waals surface area contributed by atoms with Crippen LogP contribution in [0.2, 0.25) is 0 Å². The lowest BCUT2D eigenvalue weighted by atomic mass is 9.82. The Kier molecular flexibility index (Phi) is 4.30. The molecule has 1 amide bonds. The van der Waals surface area contributed by atoms with Gasteiger partial charge in [-0.15, -0.1) is 0 Å². The van der Waals surface area contributed by atoms with Crippen molar-refractivity contribution in [2.75, 3.05) is 18.8 Å². The molecule has 152 valence electrons. The van der Waals surface area contributed by atoms with Crippen LogP contribution in [0.4, 0.5) is 5.82 Å². The number of hydrogen-bond acceptors (Lipinski definition) is 7. The molecule has 9 nitrogen and oxygen atoms in total. The summed E-state index contributed by atoms with van der Waals surface area (Å²) in [6.45, 7) is 3.57. The van der Waals surface area contributed by atoms with Gasteiger partial charge in [-0.2, -0.15) is 0 Å². The minimum absolute atomic E-state index is 0.0545. The number of fused-ring (bicyclic) bond motifs is 4. The number of aryl methyl sites for hydroxylation is 1. The number of nitrogens with zero attached hydrogens (tertiary/aromatic N) is 6. The molecule has 0 saturated carbocycles. The summed E-state index contributed by atoms with van der Waals surface area (Å²) in [5.74, 6) is 1.24. The van der Waals surface area contributed by atoms with Crippen molar-refractivity contribution in [3.8, 4) is 11.3 Å². The average Bonchev–Trinajstić information content (AvgIpc) is 2.74. The fourth-order valence-electron chi connectivity index (χ4n) is 4.49. The van der Waals surface area contributed by atoms with E-state index < -0.39 is 0 Å². The molecule has 2 atom stereocenters. The standard InChI is InChI=1S/C21H21N7O2/c1-12-23-6-16(7-24-12)21(30)27-8-13-2-15(10-27)18-3-14(4-20(29)28(18)9-13)17-5-19(22)26-11-25-17/h3-7,11,13,15H,2,8-10H2,1H3,(H2,22,25,26)/t13-,15+/m0/s1. The van der Waals surface area contributed by atoms with Gasteiger partial charge in [-0.1, -0.05) is 0 Å². The van der Waals surface area contributed by atoms with E-state index in [2.05, 4.69) is 19.9 Å². The van der Waals surface area contributed by atoms with Gasteiger partial charge in [0.05, 0.1) is 11.3 Å². The number of pyridine rings is 1. The molecule has 30 heavy (non-hydrogen) atoms. The van der Waals surface area contributed by atoms with Crippen LogP contribution >= 0.6 is 0 Å². The normalized spacial score (nSPS) is 20.0. The molecule has 2 N–H and O–H groups in total. The van der Waals surface area contributed by atoms with Crippen LogP contribution in [0.3, 0.4) is 0 Å². The Labute approximate surface area is 172 Å². The van der Waals surface area contributed by atoms with Crippen molar-refractivity contribution < 1.29 is 4.79 Å². The maximum atomic E-state index is 13.0. The molecule has 0 spiro atoms. The maximum Gasteiger partial charge on any atom is 0.257 e. The lowest BCUT2D eigenvalue weighted by Crippen LogP contribution is -2.49. The number of likely N-dealkylation sites (tertiary alicyclic amines) is 1. The van der Waals surface area contributed by atoms with Gasteiger partial charge in [0.2, 0.25) is 0 Å². The third-order valence-corrected chi connectivity index (χ3v) is 5.86. The smallest absolute Gasteiger partial charge is 0.257 e. The number of hydrogen-bond donors (Lipinski definition) is 1. The van der Waals surface area contributed by atoms with E-state index in [1.54, 1.807) is 31.5 Å². The molecule has 5 rings (SSSR count). The number of amides is 1. The summed E-state index contributed by atoms with van der Waals surface area (Å²) < 4.78 is 1.84. The van der Waals surface area contributed by atoms with Crippen molar-refractivity contribution in [1.29, 1.82) is 0 Å². The molecule has 0 unspecified atom stereocenters. The van der Waals surface area contributed by atoms with Crippen LogP contribution < -0.4 is 11.3 Å². The molecule has 2 aliphatic heterocycles. The molecular weight excluding hydrogens is 382 g/mol. The molecule has 1 fully saturated rings. The molecule has 0 radical (unpaired) electrons. The third kappa shape index (κ3) is 3.22. The lowest BCUT2D eigenvalue weighted by Gasteiger charge is -2.42. The number of carbonyl (C=O) groups excluding carboxylic acids is 1. The molecule has 3 aromatic rings. The zero-order valence-electron chi connectivity index (χ0n) is 16.5. The number of nitrogens with two attached hydrogens (primary N) is 1. The van der Waals surface area contributed by atoms with E-state index >= 15 is 0 Å². The first kappa shape index (κ1) is 18.4. The van der Waals surface area contributed by atoms with Crippen molar-refractivity contribution in [2.45, 2.75) is 25.8 Å². The number of rotatable bonds is 2. The van der Waals surface area contributed by atoms with E-state index in [-0.39, 0.29) is 23.3 Å². The van der Waals surface area contributed by atoms with Crippen molar-refractivity contribution in [2.24, 2.45) is 5.92 Å². The molecule has 2 aliphatic rings. The predicted octanol–water partition coefficient (Wildman–Crippen LogP) is 1.25. The number of aromatic nitrogens is 5. The quantitative estimate of drug-likeness (QED) is 0.683. The Hall–Kier alpha value is -3.62. The summed E-state index contributed by atoms with van der Waals surface area (Å²) in [5.41, 5.74) is 8.48. The van der Waals surface area contributed by atoms with E-state index in [4.69, 9.17) is 5.73 Å². The van der Waals surface area contributed by atoms with Crippen molar-refractivity contribution in [3.05, 3.63) is 64.4 Å². The Balaban J connectivity index is 1.48. The first-order valence-electron chi connectivity index (χ1n) is 9.88. The monoisotopic (exact) mass is 403 g/mol.